The third kappa shape index (κ3) is 5.29. The Labute approximate surface area is 182 Å². The third-order valence-corrected chi connectivity index (χ3v) is 5.71. The Kier molecular flexibility index (Phi) is 6.28. The Morgan fingerprint density at radius 1 is 1.10 bits per heavy atom. The lowest BCUT2D eigenvalue weighted by atomic mass is 10.1. The number of thioether (sulfide) groups is 1. The monoisotopic (exact) mass is 432 g/mol. The van der Waals surface area contributed by atoms with Gasteiger partial charge in [-0.2, -0.15) is 5.10 Å². The van der Waals surface area contributed by atoms with Gasteiger partial charge in [-0.3, -0.25) is 4.79 Å². The summed E-state index contributed by atoms with van der Waals surface area (Å²) in [5.74, 6) is -0.948. The summed E-state index contributed by atoms with van der Waals surface area (Å²) in [5.41, 5.74) is 1.93. The normalized spacial score (nSPS) is 17.4. The summed E-state index contributed by atoms with van der Waals surface area (Å²) in [6.07, 6.45) is 1.18. The van der Waals surface area contributed by atoms with Gasteiger partial charge in [-0.15, -0.1) is 5.10 Å². The Balaban J connectivity index is 1.34. The Morgan fingerprint density at radius 3 is 2.68 bits per heavy atom. The van der Waals surface area contributed by atoms with E-state index in [1.165, 1.54) is 10.8 Å². The van der Waals surface area contributed by atoms with Crippen molar-refractivity contribution in [2.45, 2.75) is 18.3 Å². The summed E-state index contributed by atoms with van der Waals surface area (Å²) >= 11 is 1.02. The van der Waals surface area contributed by atoms with Gasteiger partial charge in [-0.25, -0.2) is 0 Å². The molecule has 31 heavy (non-hydrogen) atoms. The van der Waals surface area contributed by atoms with E-state index in [2.05, 4.69) is 39.8 Å². The van der Waals surface area contributed by atoms with Gasteiger partial charge in [-0.1, -0.05) is 54.2 Å². The van der Waals surface area contributed by atoms with E-state index in [0.29, 0.717) is 6.61 Å². The topological polar surface area (TPSA) is 103 Å². The molecule has 7 nitrogen and oxygen atoms in total. The number of carboxylic acids is 1. The van der Waals surface area contributed by atoms with Crippen LogP contribution in [0.15, 0.2) is 76.9 Å². The molecule has 0 bridgehead atoms. The second-order valence-corrected chi connectivity index (χ2v) is 8.01. The van der Waals surface area contributed by atoms with Gasteiger partial charge >= 0.3 is 0 Å². The number of fused-ring (bicyclic) bond motifs is 1. The smallest absolute Gasteiger partial charge is 0.239 e. The number of nitrogens with zero attached hydrogens (tertiary/aromatic N) is 2. The molecule has 1 fully saturated rings. The SMILES string of the molecule is O=C([O-])C[C@@H]1S/C(=N\N=C/c2ccc(OCc3cccc4ccccc34)cc2)NC1=O. The summed E-state index contributed by atoms with van der Waals surface area (Å²) < 4.78 is 5.92. The van der Waals surface area contributed by atoms with Crippen LogP contribution in [0.2, 0.25) is 0 Å². The van der Waals surface area contributed by atoms with E-state index in [9.17, 15) is 14.7 Å². The molecule has 8 heteroatoms. The van der Waals surface area contributed by atoms with Crippen molar-refractivity contribution in [1.29, 1.82) is 0 Å². The van der Waals surface area contributed by atoms with Crippen molar-refractivity contribution < 1.29 is 19.4 Å². The molecule has 156 valence electrons. The summed E-state index contributed by atoms with van der Waals surface area (Å²) in [5, 5.41) is 22.9. The van der Waals surface area contributed by atoms with Crippen LogP contribution in [0.3, 0.4) is 0 Å². The van der Waals surface area contributed by atoms with Gasteiger partial charge in [0, 0.05) is 12.4 Å². The van der Waals surface area contributed by atoms with E-state index in [1.54, 1.807) is 6.21 Å². The van der Waals surface area contributed by atoms with E-state index in [0.717, 1.165) is 28.6 Å². The van der Waals surface area contributed by atoms with Gasteiger partial charge in [0.25, 0.3) is 0 Å². The fourth-order valence-electron chi connectivity index (χ4n) is 3.12. The maximum atomic E-state index is 11.7. The maximum absolute atomic E-state index is 11.7. The molecule has 0 radical (unpaired) electrons. The number of benzene rings is 3. The van der Waals surface area contributed by atoms with Crippen molar-refractivity contribution in [2.75, 3.05) is 0 Å². The quantitative estimate of drug-likeness (QED) is 0.456. The number of ether oxygens (including phenoxy) is 1. The highest BCUT2D eigenvalue weighted by atomic mass is 32.2. The van der Waals surface area contributed by atoms with Gasteiger partial charge in [-0.05, 0) is 46.2 Å². The van der Waals surface area contributed by atoms with Gasteiger partial charge in [0.05, 0.1) is 11.5 Å². The minimum absolute atomic E-state index is 0.266. The third-order valence-electron chi connectivity index (χ3n) is 4.64. The average Bonchev–Trinajstić information content (AvgIpc) is 3.11. The van der Waals surface area contributed by atoms with Crippen molar-refractivity contribution in [3.8, 4) is 5.75 Å². The highest BCUT2D eigenvalue weighted by Gasteiger charge is 2.30. The lowest BCUT2D eigenvalue weighted by molar-refractivity contribution is -0.305. The molecule has 0 spiro atoms. The van der Waals surface area contributed by atoms with Crippen molar-refractivity contribution in [1.82, 2.24) is 5.32 Å². The Morgan fingerprint density at radius 2 is 1.87 bits per heavy atom. The molecule has 0 aliphatic carbocycles. The molecule has 1 atom stereocenters. The Bertz CT molecular complexity index is 1170. The zero-order chi connectivity index (χ0) is 21.6. The molecule has 1 amide bonds. The van der Waals surface area contributed by atoms with Gasteiger partial charge < -0.3 is 20.0 Å². The molecule has 1 saturated heterocycles. The van der Waals surface area contributed by atoms with Crippen LogP contribution < -0.4 is 15.2 Å². The van der Waals surface area contributed by atoms with Crippen molar-refractivity contribution >= 4 is 45.8 Å². The molecular weight excluding hydrogens is 414 g/mol. The second-order valence-electron chi connectivity index (χ2n) is 6.82. The zero-order valence-corrected chi connectivity index (χ0v) is 17.2. The number of hydrogen-bond donors (Lipinski definition) is 1. The molecule has 1 N–H and O–H groups in total. The second kappa shape index (κ2) is 9.44. The van der Waals surface area contributed by atoms with Gasteiger partial charge in [0.1, 0.15) is 12.4 Å². The molecule has 3 aromatic rings. The van der Waals surface area contributed by atoms with Crippen LogP contribution in [0, 0.1) is 0 Å². The molecule has 3 aromatic carbocycles. The average molecular weight is 432 g/mol. The molecule has 0 unspecified atom stereocenters. The Hall–Kier alpha value is -3.65. The van der Waals surface area contributed by atoms with Gasteiger partial charge in [0.2, 0.25) is 5.91 Å². The van der Waals surface area contributed by atoms with E-state index in [4.69, 9.17) is 4.74 Å². The highest BCUT2D eigenvalue weighted by molar-refractivity contribution is 8.15. The van der Waals surface area contributed by atoms with Crippen molar-refractivity contribution in [3.63, 3.8) is 0 Å². The molecule has 0 aromatic heterocycles. The van der Waals surface area contributed by atoms with Crippen LogP contribution >= 0.6 is 11.8 Å². The lowest BCUT2D eigenvalue weighted by Crippen LogP contribution is -2.31. The number of aliphatic carboxylic acids is 1. The first kappa shape index (κ1) is 20.6. The zero-order valence-electron chi connectivity index (χ0n) is 16.4. The van der Waals surface area contributed by atoms with E-state index >= 15 is 0 Å². The summed E-state index contributed by atoms with van der Waals surface area (Å²) in [4.78, 5) is 22.3. The predicted molar refractivity (Wildman–Crippen MR) is 119 cm³/mol. The van der Waals surface area contributed by atoms with Crippen molar-refractivity contribution in [2.24, 2.45) is 10.2 Å². The molecule has 1 aliphatic rings. The van der Waals surface area contributed by atoms with Gasteiger partial charge in [0.15, 0.2) is 5.17 Å². The van der Waals surface area contributed by atoms with Crippen LogP contribution in [-0.4, -0.2) is 28.5 Å². The predicted octanol–water partition coefficient (Wildman–Crippen LogP) is 2.48. The number of carbonyl (C=O) groups is 2. The molecule has 0 saturated carbocycles. The largest absolute Gasteiger partial charge is 0.550 e. The molecule has 1 aliphatic heterocycles. The van der Waals surface area contributed by atoms with Crippen LogP contribution in [0.1, 0.15) is 17.5 Å². The first-order chi connectivity index (χ1) is 15.1. The number of amides is 1. The fraction of sp³-hybridized carbons (Fsp3) is 0.130. The summed E-state index contributed by atoms with van der Waals surface area (Å²) in [6.45, 7) is 0.465. The van der Waals surface area contributed by atoms with Crippen LogP contribution in [-0.2, 0) is 16.2 Å². The van der Waals surface area contributed by atoms with Crippen molar-refractivity contribution in [3.05, 3.63) is 77.9 Å². The van der Waals surface area contributed by atoms with Crippen LogP contribution in [0.25, 0.3) is 10.8 Å². The minimum Gasteiger partial charge on any atom is -0.550 e. The highest BCUT2D eigenvalue weighted by Crippen LogP contribution is 2.22. The first-order valence-electron chi connectivity index (χ1n) is 9.56. The number of carboxylic acid groups (broad SMARTS) is 1. The molecule has 1 heterocycles. The number of amidine groups is 1. The van der Waals surface area contributed by atoms with E-state index < -0.39 is 17.1 Å². The fourth-order valence-corrected chi connectivity index (χ4v) is 4.02. The van der Waals surface area contributed by atoms with E-state index in [-0.39, 0.29) is 11.6 Å². The summed E-state index contributed by atoms with van der Waals surface area (Å²) in [6, 6.07) is 21.7. The number of hydrogen-bond acceptors (Lipinski definition) is 7. The van der Waals surface area contributed by atoms with Crippen LogP contribution in [0.5, 0.6) is 5.75 Å². The summed E-state index contributed by atoms with van der Waals surface area (Å²) in [7, 11) is 0. The first-order valence-corrected chi connectivity index (χ1v) is 10.4. The van der Waals surface area contributed by atoms with Crippen LogP contribution in [0.4, 0.5) is 0 Å². The lowest BCUT2D eigenvalue weighted by Gasteiger charge is -2.09. The standard InChI is InChI=1S/C23H19N3O4S/c27-21(28)12-20-22(29)25-23(31-20)26-24-13-15-8-10-18(11-9-15)30-14-17-6-3-5-16-4-1-2-7-19(16)17/h1-11,13,20H,12,14H2,(H,27,28)(H,25,26,29)/p-1/b24-13-/t20-/m0/s1. The molecular formula is C23H18N3O4S-. The van der Waals surface area contributed by atoms with E-state index in [1.807, 2.05) is 42.5 Å². The molecule has 4 rings (SSSR count). The maximum Gasteiger partial charge on any atom is 0.239 e. The minimum atomic E-state index is -1.28. The number of nitrogens with one attached hydrogen (secondary N) is 1. The number of carbonyl (C=O) groups excluding carboxylic acids is 2. The number of rotatable bonds is 7.